The standard InChI is InChI=1S/C17H28BrN3/c1-12(2)5-16-11-21(17(9-20-16)13(3)4)10-14-6-15(18)8-19-7-14/h6-8,12-13,16-17,20H,5,9-11H2,1-4H3. The quantitative estimate of drug-likeness (QED) is 0.874. The van der Waals surface area contributed by atoms with Crippen LogP contribution in [0.3, 0.4) is 0 Å². The van der Waals surface area contributed by atoms with E-state index < -0.39 is 0 Å². The van der Waals surface area contributed by atoms with Crippen molar-refractivity contribution >= 4 is 15.9 Å². The maximum absolute atomic E-state index is 4.30. The number of nitrogens with zero attached hydrogens (tertiary/aromatic N) is 2. The second-order valence-electron chi connectivity index (χ2n) is 6.99. The van der Waals surface area contributed by atoms with Crippen LogP contribution in [-0.2, 0) is 6.54 Å². The highest BCUT2D eigenvalue weighted by atomic mass is 79.9. The van der Waals surface area contributed by atoms with Crippen molar-refractivity contribution in [3.05, 3.63) is 28.5 Å². The number of aromatic nitrogens is 1. The average molecular weight is 354 g/mol. The second kappa shape index (κ2) is 7.70. The lowest BCUT2D eigenvalue weighted by Crippen LogP contribution is -2.58. The fourth-order valence-corrected chi connectivity index (χ4v) is 3.65. The highest BCUT2D eigenvalue weighted by Crippen LogP contribution is 2.21. The summed E-state index contributed by atoms with van der Waals surface area (Å²) in [5.41, 5.74) is 1.29. The van der Waals surface area contributed by atoms with Crippen LogP contribution in [0.15, 0.2) is 22.9 Å². The molecule has 1 aromatic rings. The minimum Gasteiger partial charge on any atom is -0.311 e. The van der Waals surface area contributed by atoms with Crippen LogP contribution in [0.5, 0.6) is 0 Å². The molecule has 0 aromatic carbocycles. The fraction of sp³-hybridized carbons (Fsp3) is 0.706. The molecule has 1 aromatic heterocycles. The van der Waals surface area contributed by atoms with Crippen molar-refractivity contribution in [3.63, 3.8) is 0 Å². The SMILES string of the molecule is CC(C)CC1CN(Cc2cncc(Br)c2)C(C(C)C)CN1. The van der Waals surface area contributed by atoms with Gasteiger partial charge in [-0.3, -0.25) is 9.88 Å². The molecule has 4 heteroatoms. The van der Waals surface area contributed by atoms with Gasteiger partial charge in [0.2, 0.25) is 0 Å². The zero-order chi connectivity index (χ0) is 15.4. The summed E-state index contributed by atoms with van der Waals surface area (Å²) in [7, 11) is 0. The molecule has 0 aliphatic carbocycles. The summed E-state index contributed by atoms with van der Waals surface area (Å²) in [5.74, 6) is 1.41. The van der Waals surface area contributed by atoms with E-state index >= 15 is 0 Å². The summed E-state index contributed by atoms with van der Waals surface area (Å²) < 4.78 is 1.06. The summed E-state index contributed by atoms with van der Waals surface area (Å²) >= 11 is 3.52. The van der Waals surface area contributed by atoms with Gasteiger partial charge in [-0.2, -0.15) is 0 Å². The lowest BCUT2D eigenvalue weighted by atomic mass is 9.94. The van der Waals surface area contributed by atoms with Crippen molar-refractivity contribution in [1.82, 2.24) is 15.2 Å². The molecule has 3 nitrogen and oxygen atoms in total. The normalized spacial score (nSPS) is 24.0. The van der Waals surface area contributed by atoms with Gasteiger partial charge >= 0.3 is 0 Å². The number of hydrogen-bond acceptors (Lipinski definition) is 3. The van der Waals surface area contributed by atoms with Gasteiger partial charge in [0.25, 0.3) is 0 Å². The molecule has 0 saturated carbocycles. The number of halogens is 1. The molecule has 1 aliphatic heterocycles. The molecule has 2 atom stereocenters. The Bertz CT molecular complexity index is 447. The van der Waals surface area contributed by atoms with Crippen LogP contribution in [0.2, 0.25) is 0 Å². The summed E-state index contributed by atoms with van der Waals surface area (Å²) in [4.78, 5) is 6.93. The smallest absolute Gasteiger partial charge is 0.0410 e. The summed E-state index contributed by atoms with van der Waals surface area (Å²) in [6, 6.07) is 3.40. The van der Waals surface area contributed by atoms with Crippen molar-refractivity contribution in [2.24, 2.45) is 11.8 Å². The van der Waals surface area contributed by atoms with Gasteiger partial charge in [-0.15, -0.1) is 0 Å². The molecule has 21 heavy (non-hydrogen) atoms. The van der Waals surface area contributed by atoms with Gasteiger partial charge in [-0.25, -0.2) is 0 Å². The van der Waals surface area contributed by atoms with E-state index in [0.29, 0.717) is 18.0 Å². The molecule has 1 aliphatic rings. The van der Waals surface area contributed by atoms with Crippen LogP contribution in [0, 0.1) is 11.8 Å². The Labute approximate surface area is 137 Å². The van der Waals surface area contributed by atoms with Crippen molar-refractivity contribution < 1.29 is 0 Å². The lowest BCUT2D eigenvalue weighted by Gasteiger charge is -2.43. The zero-order valence-electron chi connectivity index (χ0n) is 13.6. The molecular weight excluding hydrogens is 326 g/mol. The Hall–Kier alpha value is -0.450. The fourth-order valence-electron chi connectivity index (χ4n) is 3.24. The monoisotopic (exact) mass is 353 g/mol. The van der Waals surface area contributed by atoms with Crippen LogP contribution >= 0.6 is 15.9 Å². The first-order chi connectivity index (χ1) is 9.95. The molecule has 0 spiro atoms. The topological polar surface area (TPSA) is 28.2 Å². The summed E-state index contributed by atoms with van der Waals surface area (Å²) in [6.45, 7) is 12.5. The molecule has 2 rings (SSSR count). The number of rotatable bonds is 5. The number of pyridine rings is 1. The van der Waals surface area contributed by atoms with Crippen molar-refractivity contribution in [2.75, 3.05) is 13.1 Å². The number of hydrogen-bond donors (Lipinski definition) is 1. The van der Waals surface area contributed by atoms with Gasteiger partial charge in [0.15, 0.2) is 0 Å². The number of piperazine rings is 1. The first-order valence-electron chi connectivity index (χ1n) is 8.02. The Morgan fingerprint density at radius 1 is 1.33 bits per heavy atom. The van der Waals surface area contributed by atoms with Crippen LogP contribution < -0.4 is 5.32 Å². The van der Waals surface area contributed by atoms with E-state index in [9.17, 15) is 0 Å². The van der Waals surface area contributed by atoms with Gasteiger partial charge in [0.05, 0.1) is 0 Å². The van der Waals surface area contributed by atoms with Crippen LogP contribution in [0.1, 0.15) is 39.7 Å². The molecule has 118 valence electrons. The van der Waals surface area contributed by atoms with Gasteiger partial charge in [-0.1, -0.05) is 27.7 Å². The predicted octanol–water partition coefficient (Wildman–Crippen LogP) is 3.69. The van der Waals surface area contributed by atoms with E-state index in [0.717, 1.165) is 30.0 Å². The van der Waals surface area contributed by atoms with E-state index in [4.69, 9.17) is 0 Å². The molecular formula is C17H28BrN3. The molecule has 1 N–H and O–H groups in total. The van der Waals surface area contributed by atoms with Gasteiger partial charge in [0.1, 0.15) is 0 Å². The maximum Gasteiger partial charge on any atom is 0.0410 e. The minimum atomic E-state index is 0.604. The first kappa shape index (κ1) is 16.9. The highest BCUT2D eigenvalue weighted by Gasteiger charge is 2.30. The van der Waals surface area contributed by atoms with E-state index in [1.165, 1.54) is 12.0 Å². The third kappa shape index (κ3) is 5.04. The van der Waals surface area contributed by atoms with Crippen molar-refractivity contribution in [3.8, 4) is 0 Å². The Kier molecular flexibility index (Phi) is 6.20. The van der Waals surface area contributed by atoms with E-state index in [-0.39, 0.29) is 0 Å². The van der Waals surface area contributed by atoms with E-state index in [1.54, 1.807) is 0 Å². The zero-order valence-corrected chi connectivity index (χ0v) is 15.2. The maximum atomic E-state index is 4.30. The number of nitrogens with one attached hydrogen (secondary N) is 1. The van der Waals surface area contributed by atoms with Gasteiger partial charge < -0.3 is 5.32 Å². The molecule has 1 fully saturated rings. The third-order valence-electron chi connectivity index (χ3n) is 4.21. The lowest BCUT2D eigenvalue weighted by molar-refractivity contribution is 0.0851. The molecule has 0 bridgehead atoms. The molecule has 2 unspecified atom stereocenters. The van der Waals surface area contributed by atoms with E-state index in [2.05, 4.69) is 64.9 Å². The van der Waals surface area contributed by atoms with E-state index in [1.807, 2.05) is 12.4 Å². The summed E-state index contributed by atoms with van der Waals surface area (Å²) in [5, 5.41) is 3.74. The third-order valence-corrected chi connectivity index (χ3v) is 4.65. The first-order valence-corrected chi connectivity index (χ1v) is 8.82. The average Bonchev–Trinajstić information content (AvgIpc) is 2.37. The largest absolute Gasteiger partial charge is 0.311 e. The Balaban J connectivity index is 2.06. The Morgan fingerprint density at radius 3 is 2.71 bits per heavy atom. The second-order valence-corrected chi connectivity index (χ2v) is 7.90. The van der Waals surface area contributed by atoms with Crippen LogP contribution in [-0.4, -0.2) is 35.1 Å². The van der Waals surface area contributed by atoms with Crippen molar-refractivity contribution in [2.45, 2.75) is 52.7 Å². The molecule has 0 amide bonds. The Morgan fingerprint density at radius 2 is 2.10 bits per heavy atom. The van der Waals surface area contributed by atoms with Gasteiger partial charge in [0, 0.05) is 48.6 Å². The van der Waals surface area contributed by atoms with Crippen LogP contribution in [0.4, 0.5) is 0 Å². The van der Waals surface area contributed by atoms with Gasteiger partial charge in [-0.05, 0) is 45.8 Å². The highest BCUT2D eigenvalue weighted by molar-refractivity contribution is 9.10. The summed E-state index contributed by atoms with van der Waals surface area (Å²) in [6.07, 6.45) is 5.09. The van der Waals surface area contributed by atoms with Crippen molar-refractivity contribution in [1.29, 1.82) is 0 Å². The molecule has 0 radical (unpaired) electrons. The predicted molar refractivity (Wildman–Crippen MR) is 92.2 cm³/mol. The van der Waals surface area contributed by atoms with Crippen LogP contribution in [0.25, 0.3) is 0 Å². The molecule has 1 saturated heterocycles. The minimum absolute atomic E-state index is 0.604. The molecule has 2 heterocycles.